The number of rotatable bonds is 4. The Morgan fingerprint density at radius 1 is 1.28 bits per heavy atom. The van der Waals surface area contributed by atoms with Crippen LogP contribution in [0.1, 0.15) is 65.7 Å². The van der Waals surface area contributed by atoms with Gasteiger partial charge < -0.3 is 5.11 Å². The molecule has 18 heavy (non-hydrogen) atoms. The molecule has 0 bridgehead atoms. The molecule has 2 fully saturated rings. The van der Waals surface area contributed by atoms with Crippen LogP contribution in [0.4, 0.5) is 0 Å². The average Bonchev–Trinajstić information content (AvgIpc) is 2.63. The van der Waals surface area contributed by atoms with E-state index in [-0.39, 0.29) is 6.10 Å². The Morgan fingerprint density at radius 2 is 2.06 bits per heavy atom. The molecule has 1 saturated carbocycles. The maximum Gasteiger partial charge on any atom is 0.0580 e. The van der Waals surface area contributed by atoms with Gasteiger partial charge in [0.05, 0.1) is 6.10 Å². The summed E-state index contributed by atoms with van der Waals surface area (Å²) < 4.78 is 0. The monoisotopic (exact) mass is 253 g/mol. The molecule has 0 aromatic rings. The van der Waals surface area contributed by atoms with Crippen LogP contribution < -0.4 is 0 Å². The van der Waals surface area contributed by atoms with Gasteiger partial charge in [0, 0.05) is 12.1 Å². The highest BCUT2D eigenvalue weighted by atomic mass is 16.3. The zero-order chi connectivity index (χ0) is 13.2. The average molecular weight is 253 g/mol. The van der Waals surface area contributed by atoms with Crippen molar-refractivity contribution >= 4 is 0 Å². The highest BCUT2D eigenvalue weighted by Crippen LogP contribution is 2.36. The minimum Gasteiger partial charge on any atom is -0.393 e. The summed E-state index contributed by atoms with van der Waals surface area (Å²) >= 11 is 0. The Morgan fingerprint density at radius 3 is 2.67 bits per heavy atom. The van der Waals surface area contributed by atoms with E-state index in [0.29, 0.717) is 11.5 Å². The Bertz CT molecular complexity index is 264. The smallest absolute Gasteiger partial charge is 0.0580 e. The van der Waals surface area contributed by atoms with Crippen LogP contribution in [0, 0.1) is 11.8 Å². The number of hydrogen-bond acceptors (Lipinski definition) is 2. The van der Waals surface area contributed by atoms with E-state index >= 15 is 0 Å². The van der Waals surface area contributed by atoms with Crippen molar-refractivity contribution in [2.45, 2.75) is 77.4 Å². The molecule has 2 aliphatic rings. The molecular weight excluding hydrogens is 222 g/mol. The molecule has 106 valence electrons. The van der Waals surface area contributed by atoms with Gasteiger partial charge in [0.25, 0.3) is 0 Å². The lowest BCUT2D eigenvalue weighted by Gasteiger charge is -2.39. The summed E-state index contributed by atoms with van der Waals surface area (Å²) in [5, 5.41) is 10.3. The van der Waals surface area contributed by atoms with E-state index in [9.17, 15) is 5.11 Å². The zero-order valence-corrected chi connectivity index (χ0v) is 12.5. The van der Waals surface area contributed by atoms with Crippen molar-refractivity contribution in [2.75, 3.05) is 13.1 Å². The van der Waals surface area contributed by atoms with E-state index in [4.69, 9.17) is 0 Å². The molecule has 2 heteroatoms. The van der Waals surface area contributed by atoms with Crippen molar-refractivity contribution in [3.8, 4) is 0 Å². The summed E-state index contributed by atoms with van der Waals surface area (Å²) in [5.74, 6) is 1.39. The topological polar surface area (TPSA) is 23.5 Å². The molecule has 3 unspecified atom stereocenters. The first-order valence-corrected chi connectivity index (χ1v) is 7.96. The molecular formula is C16H31NO. The number of nitrogens with zero attached hydrogens (tertiary/aromatic N) is 1. The van der Waals surface area contributed by atoms with Crippen LogP contribution in [-0.4, -0.2) is 34.7 Å². The summed E-state index contributed by atoms with van der Waals surface area (Å²) in [6, 6.07) is 0. The van der Waals surface area contributed by atoms with Gasteiger partial charge in [0.15, 0.2) is 0 Å². The summed E-state index contributed by atoms with van der Waals surface area (Å²) in [5.41, 5.74) is 0.359. The van der Waals surface area contributed by atoms with Crippen molar-refractivity contribution in [3.05, 3.63) is 0 Å². The van der Waals surface area contributed by atoms with Gasteiger partial charge in [0.2, 0.25) is 0 Å². The van der Waals surface area contributed by atoms with Crippen molar-refractivity contribution in [3.63, 3.8) is 0 Å². The molecule has 0 amide bonds. The van der Waals surface area contributed by atoms with Crippen molar-refractivity contribution in [1.82, 2.24) is 4.90 Å². The molecule has 2 nitrogen and oxygen atoms in total. The minimum absolute atomic E-state index is 0.0468. The second kappa shape index (κ2) is 5.92. The normalized spacial score (nSPS) is 37.0. The number of likely N-dealkylation sites (tertiary alicyclic amines) is 1. The molecule has 1 N–H and O–H groups in total. The van der Waals surface area contributed by atoms with Gasteiger partial charge in [0.1, 0.15) is 0 Å². The Labute approximate surface area is 113 Å². The van der Waals surface area contributed by atoms with Crippen molar-refractivity contribution in [2.24, 2.45) is 11.8 Å². The maximum atomic E-state index is 10.3. The van der Waals surface area contributed by atoms with E-state index < -0.39 is 0 Å². The summed E-state index contributed by atoms with van der Waals surface area (Å²) in [4.78, 5) is 2.62. The second-order valence-corrected chi connectivity index (χ2v) is 7.16. The SMILES string of the molecule is CCCC1CCC(O)C(CN2CCCC2(C)C)C1. The fourth-order valence-electron chi connectivity index (χ4n) is 4.00. The highest BCUT2D eigenvalue weighted by molar-refractivity contribution is 4.91. The largest absolute Gasteiger partial charge is 0.393 e. The third-order valence-electron chi connectivity index (χ3n) is 5.28. The fourth-order valence-corrected chi connectivity index (χ4v) is 4.00. The quantitative estimate of drug-likeness (QED) is 0.829. The molecule has 1 heterocycles. The second-order valence-electron chi connectivity index (χ2n) is 7.16. The predicted molar refractivity (Wildman–Crippen MR) is 76.6 cm³/mol. The molecule has 3 atom stereocenters. The van der Waals surface area contributed by atoms with Gasteiger partial charge in [-0.2, -0.15) is 0 Å². The molecule has 0 radical (unpaired) electrons. The predicted octanol–water partition coefficient (Wildman–Crippen LogP) is 3.44. The maximum absolute atomic E-state index is 10.3. The lowest BCUT2D eigenvalue weighted by Crippen LogP contribution is -2.45. The molecule has 1 aliphatic heterocycles. The molecule has 0 spiro atoms. The van der Waals surface area contributed by atoms with Gasteiger partial charge in [-0.15, -0.1) is 0 Å². The first kappa shape index (κ1) is 14.3. The van der Waals surface area contributed by atoms with Crippen LogP contribution in [0.25, 0.3) is 0 Å². The minimum atomic E-state index is -0.0468. The van der Waals surface area contributed by atoms with E-state index in [0.717, 1.165) is 18.9 Å². The molecule has 1 saturated heterocycles. The van der Waals surface area contributed by atoms with Crippen LogP contribution in [0.5, 0.6) is 0 Å². The summed E-state index contributed by atoms with van der Waals surface area (Å²) in [7, 11) is 0. The van der Waals surface area contributed by atoms with Crippen molar-refractivity contribution < 1.29 is 5.11 Å². The molecule has 1 aliphatic carbocycles. The number of aliphatic hydroxyl groups excluding tert-OH is 1. The number of hydrogen-bond donors (Lipinski definition) is 1. The first-order chi connectivity index (χ1) is 8.53. The molecule has 0 aromatic carbocycles. The third kappa shape index (κ3) is 3.27. The van der Waals surface area contributed by atoms with Gasteiger partial charge in [-0.3, -0.25) is 4.90 Å². The first-order valence-electron chi connectivity index (χ1n) is 7.96. The third-order valence-corrected chi connectivity index (χ3v) is 5.28. The van der Waals surface area contributed by atoms with Crippen LogP contribution in [0.3, 0.4) is 0 Å². The van der Waals surface area contributed by atoms with E-state index in [1.54, 1.807) is 0 Å². The Kier molecular flexibility index (Phi) is 4.71. The summed E-state index contributed by atoms with van der Waals surface area (Å²) in [6.45, 7) is 9.35. The van der Waals surface area contributed by atoms with E-state index in [1.807, 2.05) is 0 Å². The van der Waals surface area contributed by atoms with Crippen LogP contribution in [-0.2, 0) is 0 Å². The zero-order valence-electron chi connectivity index (χ0n) is 12.5. The molecule has 0 aromatic heterocycles. The number of aliphatic hydroxyl groups is 1. The van der Waals surface area contributed by atoms with Crippen LogP contribution in [0.2, 0.25) is 0 Å². The highest BCUT2D eigenvalue weighted by Gasteiger charge is 2.36. The Hall–Kier alpha value is -0.0800. The standard InChI is InChI=1S/C16H31NO/c1-4-6-13-7-8-15(18)14(11-13)12-17-10-5-9-16(17,2)3/h13-15,18H,4-12H2,1-3H3. The summed E-state index contributed by atoms with van der Waals surface area (Å²) in [6.07, 6.45) is 8.77. The van der Waals surface area contributed by atoms with Crippen LogP contribution >= 0.6 is 0 Å². The van der Waals surface area contributed by atoms with E-state index in [1.165, 1.54) is 45.1 Å². The van der Waals surface area contributed by atoms with Gasteiger partial charge >= 0.3 is 0 Å². The molecule has 2 rings (SSSR count). The van der Waals surface area contributed by atoms with Gasteiger partial charge in [-0.1, -0.05) is 19.8 Å². The van der Waals surface area contributed by atoms with Crippen molar-refractivity contribution in [1.29, 1.82) is 0 Å². The van der Waals surface area contributed by atoms with E-state index in [2.05, 4.69) is 25.7 Å². The lowest BCUT2D eigenvalue weighted by atomic mass is 9.77. The fraction of sp³-hybridized carbons (Fsp3) is 1.00. The lowest BCUT2D eigenvalue weighted by molar-refractivity contribution is 0.0141. The van der Waals surface area contributed by atoms with Gasteiger partial charge in [-0.05, 0) is 64.3 Å². The van der Waals surface area contributed by atoms with Crippen LogP contribution in [0.15, 0.2) is 0 Å². The Balaban J connectivity index is 1.90. The van der Waals surface area contributed by atoms with Gasteiger partial charge in [-0.25, -0.2) is 0 Å².